The van der Waals surface area contributed by atoms with E-state index in [1.54, 1.807) is 0 Å². The average Bonchev–Trinajstić information content (AvgIpc) is 2.98. The summed E-state index contributed by atoms with van der Waals surface area (Å²) in [6, 6.07) is 2.77. The third-order valence-electron chi connectivity index (χ3n) is 3.85. The fourth-order valence-corrected chi connectivity index (χ4v) is 2.92. The van der Waals surface area contributed by atoms with Gasteiger partial charge in [0.2, 0.25) is 12.5 Å². The molecule has 0 spiro atoms. The Morgan fingerprint density at radius 3 is 2.56 bits per heavy atom. The third-order valence-corrected chi connectivity index (χ3v) is 3.85. The highest BCUT2D eigenvalue weighted by atomic mass is 19.1. The fourth-order valence-electron chi connectivity index (χ4n) is 2.92. The lowest BCUT2D eigenvalue weighted by Crippen LogP contribution is -2.32. The van der Waals surface area contributed by atoms with Gasteiger partial charge >= 0.3 is 5.97 Å². The summed E-state index contributed by atoms with van der Waals surface area (Å²) in [6.07, 6.45) is 2.84. The van der Waals surface area contributed by atoms with Crippen molar-refractivity contribution in [1.82, 2.24) is 0 Å². The van der Waals surface area contributed by atoms with Crippen molar-refractivity contribution in [3.63, 3.8) is 0 Å². The summed E-state index contributed by atoms with van der Waals surface area (Å²) in [5, 5.41) is 9.53. The number of carboxylic acids is 1. The van der Waals surface area contributed by atoms with Gasteiger partial charge in [0.1, 0.15) is 0 Å². The lowest BCUT2D eigenvalue weighted by Gasteiger charge is -2.25. The molecule has 1 aromatic rings. The lowest BCUT2D eigenvalue weighted by atomic mass is 9.78. The Hall–Kier alpha value is -1.78. The Balaban J connectivity index is 2.17. The highest BCUT2D eigenvalue weighted by Gasteiger charge is 2.46. The number of halogens is 1. The van der Waals surface area contributed by atoms with Crippen LogP contribution in [0, 0.1) is 5.82 Å². The van der Waals surface area contributed by atoms with E-state index < -0.39 is 17.2 Å². The van der Waals surface area contributed by atoms with E-state index in [2.05, 4.69) is 0 Å². The highest BCUT2D eigenvalue weighted by molar-refractivity contribution is 5.83. The number of benzene rings is 1. The molecular formula is C13H13FO4. The summed E-state index contributed by atoms with van der Waals surface area (Å²) in [6.45, 7) is -0.0566. The molecule has 18 heavy (non-hydrogen) atoms. The Labute approximate surface area is 103 Å². The molecule has 0 aromatic heterocycles. The van der Waals surface area contributed by atoms with Gasteiger partial charge in [0.05, 0.1) is 5.41 Å². The molecule has 0 atom stereocenters. The number of fused-ring (bicyclic) bond motifs is 1. The van der Waals surface area contributed by atoms with E-state index in [9.17, 15) is 14.3 Å². The zero-order chi connectivity index (χ0) is 12.8. The monoisotopic (exact) mass is 252 g/mol. The molecule has 1 saturated carbocycles. The maximum atomic E-state index is 13.5. The minimum Gasteiger partial charge on any atom is -0.481 e. The topological polar surface area (TPSA) is 55.8 Å². The summed E-state index contributed by atoms with van der Waals surface area (Å²) in [7, 11) is 0. The maximum absolute atomic E-state index is 13.5. The van der Waals surface area contributed by atoms with Crippen LogP contribution in [0.3, 0.4) is 0 Å². The van der Waals surface area contributed by atoms with Crippen LogP contribution in [0.1, 0.15) is 31.2 Å². The first-order valence-electron chi connectivity index (χ1n) is 5.97. The lowest BCUT2D eigenvalue weighted by molar-refractivity contribution is -0.143. The van der Waals surface area contributed by atoms with E-state index in [4.69, 9.17) is 9.47 Å². The third kappa shape index (κ3) is 1.39. The van der Waals surface area contributed by atoms with Gasteiger partial charge in [0.15, 0.2) is 11.6 Å². The maximum Gasteiger partial charge on any atom is 0.314 e. The van der Waals surface area contributed by atoms with Crippen molar-refractivity contribution < 1.29 is 23.8 Å². The van der Waals surface area contributed by atoms with Crippen LogP contribution in [0.25, 0.3) is 0 Å². The highest BCUT2D eigenvalue weighted by Crippen LogP contribution is 2.49. The van der Waals surface area contributed by atoms with Gasteiger partial charge in [-0.1, -0.05) is 18.9 Å². The van der Waals surface area contributed by atoms with Crippen LogP contribution >= 0.6 is 0 Å². The Morgan fingerprint density at radius 2 is 1.89 bits per heavy atom. The van der Waals surface area contributed by atoms with Gasteiger partial charge in [0.25, 0.3) is 0 Å². The van der Waals surface area contributed by atoms with E-state index in [1.165, 1.54) is 12.1 Å². The average molecular weight is 252 g/mol. The summed E-state index contributed by atoms with van der Waals surface area (Å²) in [5.41, 5.74) is -0.410. The molecule has 1 N–H and O–H groups in total. The normalized spacial score (nSPS) is 20.1. The number of hydrogen-bond acceptors (Lipinski definition) is 3. The van der Waals surface area contributed by atoms with Gasteiger partial charge in [-0.3, -0.25) is 4.79 Å². The number of carbonyl (C=O) groups is 1. The number of carboxylic acid groups (broad SMARTS) is 1. The van der Waals surface area contributed by atoms with Crippen molar-refractivity contribution in [3.05, 3.63) is 23.5 Å². The minimum absolute atomic E-state index is 0.0417. The van der Waals surface area contributed by atoms with Gasteiger partial charge in [-0.25, -0.2) is 4.39 Å². The molecule has 96 valence electrons. The molecule has 1 aliphatic carbocycles. The first-order valence-corrected chi connectivity index (χ1v) is 5.97. The molecule has 0 radical (unpaired) electrons. The van der Waals surface area contributed by atoms with Crippen molar-refractivity contribution in [2.75, 3.05) is 6.79 Å². The molecule has 0 bridgehead atoms. The van der Waals surface area contributed by atoms with Crippen LogP contribution in [0.5, 0.6) is 11.5 Å². The molecule has 2 aliphatic rings. The van der Waals surface area contributed by atoms with Crippen LogP contribution in [0.15, 0.2) is 12.1 Å². The predicted octanol–water partition coefficient (Wildman–Crippen LogP) is 2.45. The molecule has 5 heteroatoms. The van der Waals surface area contributed by atoms with Crippen molar-refractivity contribution >= 4 is 5.97 Å². The van der Waals surface area contributed by atoms with E-state index in [1.807, 2.05) is 0 Å². The van der Waals surface area contributed by atoms with E-state index >= 15 is 0 Å². The molecule has 0 saturated heterocycles. The molecular weight excluding hydrogens is 239 g/mol. The van der Waals surface area contributed by atoms with Gasteiger partial charge < -0.3 is 14.6 Å². The Morgan fingerprint density at radius 1 is 1.22 bits per heavy atom. The molecule has 1 heterocycles. The van der Waals surface area contributed by atoms with Crippen molar-refractivity contribution in [2.24, 2.45) is 0 Å². The first-order chi connectivity index (χ1) is 8.65. The molecule has 0 unspecified atom stereocenters. The van der Waals surface area contributed by atoms with Crippen LogP contribution in [-0.2, 0) is 10.2 Å². The molecule has 1 fully saturated rings. The smallest absolute Gasteiger partial charge is 0.314 e. The number of ether oxygens (including phenoxy) is 2. The summed E-state index contributed by atoms with van der Waals surface area (Å²) >= 11 is 0. The second kappa shape index (κ2) is 3.86. The number of hydrogen-bond donors (Lipinski definition) is 1. The van der Waals surface area contributed by atoms with E-state index in [0.29, 0.717) is 18.4 Å². The van der Waals surface area contributed by atoms with Crippen LogP contribution in [0.2, 0.25) is 0 Å². The Kier molecular flexibility index (Phi) is 2.43. The second-order valence-electron chi connectivity index (χ2n) is 4.75. The molecule has 0 amide bonds. The van der Waals surface area contributed by atoms with Gasteiger partial charge in [-0.15, -0.1) is 0 Å². The van der Waals surface area contributed by atoms with Crippen molar-refractivity contribution in [2.45, 2.75) is 31.1 Å². The van der Waals surface area contributed by atoms with Gasteiger partial charge in [-0.2, -0.15) is 0 Å². The van der Waals surface area contributed by atoms with Crippen LogP contribution < -0.4 is 9.47 Å². The zero-order valence-corrected chi connectivity index (χ0v) is 9.74. The molecule has 4 nitrogen and oxygen atoms in total. The van der Waals surface area contributed by atoms with Crippen molar-refractivity contribution in [1.29, 1.82) is 0 Å². The minimum atomic E-state index is -0.953. The quantitative estimate of drug-likeness (QED) is 0.878. The first kappa shape index (κ1) is 11.3. The van der Waals surface area contributed by atoms with E-state index in [-0.39, 0.29) is 18.3 Å². The van der Waals surface area contributed by atoms with Gasteiger partial charge in [-0.05, 0) is 18.9 Å². The second-order valence-corrected chi connectivity index (χ2v) is 4.75. The molecule has 1 aromatic carbocycles. The standard InChI is InChI=1S/C13H13FO4/c14-9-4-3-8(10-11(9)18-7-17-10)13(12(15)16)5-1-2-6-13/h3-4H,1-2,5-7H2,(H,15,16). The molecule has 3 rings (SSSR count). The Bertz CT molecular complexity index is 506. The molecule has 1 aliphatic heterocycles. The van der Waals surface area contributed by atoms with Crippen LogP contribution in [-0.4, -0.2) is 17.9 Å². The van der Waals surface area contributed by atoms with E-state index in [0.717, 1.165) is 12.8 Å². The summed E-state index contributed by atoms with van der Waals surface area (Å²) in [4.78, 5) is 11.6. The zero-order valence-electron chi connectivity index (χ0n) is 9.74. The summed E-state index contributed by atoms with van der Waals surface area (Å²) < 4.78 is 23.9. The number of rotatable bonds is 2. The van der Waals surface area contributed by atoms with Gasteiger partial charge in [0, 0.05) is 5.56 Å². The fraction of sp³-hybridized carbons (Fsp3) is 0.462. The van der Waals surface area contributed by atoms with Crippen molar-refractivity contribution in [3.8, 4) is 11.5 Å². The summed E-state index contributed by atoms with van der Waals surface area (Å²) in [5.74, 6) is -1.08. The SMILES string of the molecule is O=C(O)C1(c2ccc(F)c3c2OCO3)CCCC1. The predicted molar refractivity (Wildman–Crippen MR) is 60.3 cm³/mol. The number of aliphatic carboxylic acids is 1. The largest absolute Gasteiger partial charge is 0.481 e. The van der Waals surface area contributed by atoms with Crippen LogP contribution in [0.4, 0.5) is 4.39 Å².